The molecule has 83 valence electrons. The molecule has 0 saturated carbocycles. The summed E-state index contributed by atoms with van der Waals surface area (Å²) >= 11 is 0. The molecular weight excluding hydrogens is 206 g/mol. The maximum atomic E-state index is 4.96. The summed E-state index contributed by atoms with van der Waals surface area (Å²) in [6, 6.07) is 2.75. The smallest absolute Gasteiger partial charge is 0.227 e. The molecule has 0 aromatic carbocycles. The predicted molar refractivity (Wildman–Crippen MR) is 58.3 cm³/mol. The number of hydrogen-bond acceptors (Lipinski definition) is 5. The highest BCUT2D eigenvalue weighted by molar-refractivity contribution is 5.49. The molecule has 16 heavy (non-hydrogen) atoms. The first-order chi connectivity index (χ1) is 7.88. The molecule has 2 rings (SSSR count). The van der Waals surface area contributed by atoms with E-state index in [2.05, 4.69) is 26.4 Å². The van der Waals surface area contributed by atoms with E-state index in [0.29, 0.717) is 12.6 Å². The summed E-state index contributed by atoms with van der Waals surface area (Å²) in [5.41, 5.74) is 0.849. The van der Waals surface area contributed by atoms with E-state index in [0.717, 1.165) is 12.2 Å². The zero-order valence-electron chi connectivity index (χ0n) is 8.92. The maximum Gasteiger partial charge on any atom is 0.227 e. The molecule has 1 N–H and O–H groups in total. The fourth-order valence-corrected chi connectivity index (χ4v) is 1.19. The Morgan fingerprint density at radius 3 is 3.00 bits per heavy atom. The van der Waals surface area contributed by atoms with Gasteiger partial charge in [-0.05, 0) is 0 Å². The van der Waals surface area contributed by atoms with Crippen LogP contribution >= 0.6 is 0 Å². The van der Waals surface area contributed by atoms with Crippen molar-refractivity contribution in [1.82, 2.24) is 19.7 Å². The molecule has 6 heteroatoms. The summed E-state index contributed by atoms with van der Waals surface area (Å²) in [5.74, 6) is 0.532. The van der Waals surface area contributed by atoms with Gasteiger partial charge in [0, 0.05) is 31.8 Å². The van der Waals surface area contributed by atoms with Crippen molar-refractivity contribution in [3.63, 3.8) is 0 Å². The number of anilines is 2. The van der Waals surface area contributed by atoms with Gasteiger partial charge in [-0.1, -0.05) is 0 Å². The second kappa shape index (κ2) is 5.22. The summed E-state index contributed by atoms with van der Waals surface area (Å²) in [5, 5.41) is 7.20. The molecule has 6 nitrogen and oxygen atoms in total. The van der Waals surface area contributed by atoms with E-state index in [4.69, 9.17) is 4.74 Å². The number of hydrogen-bond donors (Lipinski definition) is 1. The van der Waals surface area contributed by atoms with Crippen LogP contribution in [-0.2, 0) is 11.3 Å². The highest BCUT2D eigenvalue weighted by atomic mass is 16.5. The van der Waals surface area contributed by atoms with Crippen LogP contribution in [0.25, 0.3) is 0 Å². The molecule has 0 spiro atoms. The fourth-order valence-electron chi connectivity index (χ4n) is 1.19. The molecule has 2 aromatic heterocycles. The molecule has 0 fully saturated rings. The normalized spacial score (nSPS) is 10.3. The second-order valence-electron chi connectivity index (χ2n) is 3.12. The van der Waals surface area contributed by atoms with Crippen LogP contribution in [-0.4, -0.2) is 33.5 Å². The molecule has 0 saturated heterocycles. The maximum absolute atomic E-state index is 4.96. The molecule has 1 radical (unpaired) electrons. The second-order valence-corrected chi connectivity index (χ2v) is 3.12. The van der Waals surface area contributed by atoms with E-state index in [-0.39, 0.29) is 0 Å². The van der Waals surface area contributed by atoms with E-state index in [1.54, 1.807) is 30.4 Å². The summed E-state index contributed by atoms with van der Waals surface area (Å²) in [6.07, 6.45) is 6.71. The largest absolute Gasteiger partial charge is 0.383 e. The third-order valence-electron chi connectivity index (χ3n) is 1.94. The predicted octanol–water partition coefficient (Wildman–Crippen LogP) is 0.863. The topological polar surface area (TPSA) is 64.9 Å². The molecule has 0 bridgehead atoms. The Kier molecular flexibility index (Phi) is 3.45. The first-order valence-electron chi connectivity index (χ1n) is 4.85. The molecule has 0 aliphatic rings. The van der Waals surface area contributed by atoms with Gasteiger partial charge >= 0.3 is 0 Å². The lowest BCUT2D eigenvalue weighted by Gasteiger charge is -2.00. The lowest BCUT2D eigenvalue weighted by Crippen LogP contribution is -2.04. The van der Waals surface area contributed by atoms with Gasteiger partial charge in [-0.25, -0.2) is 9.97 Å². The van der Waals surface area contributed by atoms with Gasteiger partial charge < -0.3 is 10.1 Å². The highest BCUT2D eigenvalue weighted by Gasteiger charge is 1.99. The van der Waals surface area contributed by atoms with Crippen LogP contribution in [0.1, 0.15) is 0 Å². The van der Waals surface area contributed by atoms with E-state index in [1.165, 1.54) is 0 Å². The van der Waals surface area contributed by atoms with Gasteiger partial charge in [-0.3, -0.25) is 4.68 Å². The van der Waals surface area contributed by atoms with E-state index in [1.807, 2.05) is 6.20 Å². The third-order valence-corrected chi connectivity index (χ3v) is 1.94. The molecule has 2 heterocycles. The van der Waals surface area contributed by atoms with Gasteiger partial charge in [-0.15, -0.1) is 0 Å². The lowest BCUT2D eigenvalue weighted by atomic mass is 10.5. The number of methoxy groups -OCH3 is 1. The van der Waals surface area contributed by atoms with E-state index in [9.17, 15) is 0 Å². The Balaban J connectivity index is 1.97. The van der Waals surface area contributed by atoms with Gasteiger partial charge in [0.1, 0.15) is 0 Å². The highest BCUT2D eigenvalue weighted by Crippen LogP contribution is 2.09. The van der Waals surface area contributed by atoms with Crippen LogP contribution in [0.2, 0.25) is 0 Å². The molecule has 0 atom stereocenters. The standard InChI is InChI=1S/C10H12N5O/c1-16-6-5-15-8-9(7-13-15)14-10-11-3-2-4-12-10/h3-4,7-8H,5-6H2,1H3,(H,11,12,14). The quantitative estimate of drug-likeness (QED) is 0.806. The Morgan fingerprint density at radius 2 is 2.25 bits per heavy atom. The minimum atomic E-state index is 0.532. The molecule has 0 aliphatic heterocycles. The third kappa shape index (κ3) is 2.77. The van der Waals surface area contributed by atoms with Crippen molar-refractivity contribution >= 4 is 11.6 Å². The lowest BCUT2D eigenvalue weighted by molar-refractivity contribution is 0.183. The Bertz CT molecular complexity index is 428. The number of nitrogens with one attached hydrogen (secondary N) is 1. The van der Waals surface area contributed by atoms with Crippen molar-refractivity contribution in [1.29, 1.82) is 0 Å². The van der Waals surface area contributed by atoms with E-state index < -0.39 is 0 Å². The van der Waals surface area contributed by atoms with Crippen molar-refractivity contribution in [2.75, 3.05) is 19.0 Å². The van der Waals surface area contributed by atoms with Crippen LogP contribution < -0.4 is 5.32 Å². The van der Waals surface area contributed by atoms with Crippen LogP contribution in [0.15, 0.2) is 24.8 Å². The zero-order valence-corrected chi connectivity index (χ0v) is 8.92. The van der Waals surface area contributed by atoms with Gasteiger partial charge in [0.15, 0.2) is 0 Å². The monoisotopic (exact) mass is 218 g/mol. The first kappa shape index (κ1) is 10.6. The molecule has 0 aliphatic carbocycles. The Labute approximate surface area is 93.3 Å². The van der Waals surface area contributed by atoms with Gasteiger partial charge in [-0.2, -0.15) is 5.10 Å². The number of aromatic nitrogens is 4. The summed E-state index contributed by atoms with van der Waals surface area (Å²) in [7, 11) is 1.66. The van der Waals surface area contributed by atoms with Crippen molar-refractivity contribution in [2.45, 2.75) is 6.54 Å². The van der Waals surface area contributed by atoms with Crippen LogP contribution in [0.5, 0.6) is 0 Å². The summed E-state index contributed by atoms with van der Waals surface area (Å²) < 4.78 is 6.76. The van der Waals surface area contributed by atoms with Crippen LogP contribution in [0, 0.1) is 6.07 Å². The first-order valence-corrected chi connectivity index (χ1v) is 4.85. The molecular formula is C10H12N5O. The van der Waals surface area contributed by atoms with Crippen molar-refractivity contribution in [3.05, 3.63) is 30.9 Å². The number of rotatable bonds is 5. The summed E-state index contributed by atoms with van der Waals surface area (Å²) in [6.45, 7) is 1.36. The average molecular weight is 218 g/mol. The van der Waals surface area contributed by atoms with Crippen molar-refractivity contribution in [3.8, 4) is 0 Å². The van der Waals surface area contributed by atoms with Gasteiger partial charge in [0.05, 0.1) is 25.0 Å². The number of ether oxygens (including phenoxy) is 1. The Morgan fingerprint density at radius 1 is 1.44 bits per heavy atom. The zero-order chi connectivity index (χ0) is 11.2. The Hall–Kier alpha value is -1.95. The van der Waals surface area contributed by atoms with Crippen LogP contribution in [0.4, 0.5) is 11.6 Å². The molecule has 0 amide bonds. The number of nitrogens with zero attached hydrogens (tertiary/aromatic N) is 4. The fraction of sp³-hybridized carbons (Fsp3) is 0.300. The van der Waals surface area contributed by atoms with E-state index >= 15 is 0 Å². The molecule has 0 unspecified atom stereocenters. The van der Waals surface area contributed by atoms with Crippen molar-refractivity contribution < 1.29 is 4.74 Å². The average Bonchev–Trinajstić information content (AvgIpc) is 2.75. The van der Waals surface area contributed by atoms with Gasteiger partial charge in [0.2, 0.25) is 5.95 Å². The van der Waals surface area contributed by atoms with Crippen molar-refractivity contribution in [2.24, 2.45) is 0 Å². The SMILES string of the molecule is COCCn1cc(Nc2nc[c]cn2)cn1. The minimum absolute atomic E-state index is 0.532. The van der Waals surface area contributed by atoms with Gasteiger partial charge in [0.25, 0.3) is 0 Å². The van der Waals surface area contributed by atoms with Crippen LogP contribution in [0.3, 0.4) is 0 Å². The summed E-state index contributed by atoms with van der Waals surface area (Å²) in [4.78, 5) is 8.01. The molecule has 2 aromatic rings. The minimum Gasteiger partial charge on any atom is -0.383 e.